The number of hydrogen-bond acceptors (Lipinski definition) is 3. The van der Waals surface area contributed by atoms with Crippen molar-refractivity contribution in [3.63, 3.8) is 0 Å². The van der Waals surface area contributed by atoms with Crippen molar-refractivity contribution in [2.75, 3.05) is 14.2 Å². The van der Waals surface area contributed by atoms with Crippen molar-refractivity contribution in [3.8, 4) is 5.75 Å². The molecule has 0 fully saturated rings. The molecule has 0 bridgehead atoms. The maximum Gasteiger partial charge on any atom is 0.341 e. The van der Waals surface area contributed by atoms with Gasteiger partial charge in [0.2, 0.25) is 0 Å². The van der Waals surface area contributed by atoms with Gasteiger partial charge >= 0.3 is 5.97 Å². The molecule has 0 unspecified atom stereocenters. The molecule has 0 aliphatic carbocycles. The van der Waals surface area contributed by atoms with Gasteiger partial charge in [-0.2, -0.15) is 0 Å². The third-order valence-corrected chi connectivity index (χ3v) is 2.52. The molecular formula is C11H13ClO3. The first-order valence-corrected chi connectivity index (χ1v) is 4.99. The molecule has 0 amide bonds. The average Bonchev–Trinajstić information content (AvgIpc) is 2.27. The van der Waals surface area contributed by atoms with Gasteiger partial charge in [0, 0.05) is 5.88 Å². The Morgan fingerprint density at radius 1 is 1.40 bits per heavy atom. The van der Waals surface area contributed by atoms with Crippen LogP contribution in [0.4, 0.5) is 0 Å². The number of methoxy groups -OCH3 is 2. The fourth-order valence-electron chi connectivity index (χ4n) is 1.40. The number of benzene rings is 1. The van der Waals surface area contributed by atoms with Crippen LogP contribution in [0.2, 0.25) is 0 Å². The molecule has 0 atom stereocenters. The number of hydrogen-bond donors (Lipinski definition) is 0. The van der Waals surface area contributed by atoms with E-state index in [2.05, 4.69) is 0 Å². The Labute approximate surface area is 93.9 Å². The molecule has 0 aliphatic heterocycles. The molecule has 0 saturated heterocycles. The second kappa shape index (κ2) is 5.03. The van der Waals surface area contributed by atoms with E-state index in [0.717, 1.165) is 11.1 Å². The fraction of sp³-hybridized carbons (Fsp3) is 0.364. The van der Waals surface area contributed by atoms with Crippen LogP contribution in [0.15, 0.2) is 12.1 Å². The molecule has 0 heterocycles. The lowest BCUT2D eigenvalue weighted by Crippen LogP contribution is -2.08. The van der Waals surface area contributed by atoms with Gasteiger partial charge in [0.1, 0.15) is 11.3 Å². The smallest absolute Gasteiger partial charge is 0.341 e. The Hall–Kier alpha value is -1.22. The molecule has 0 radical (unpaired) electrons. The molecule has 0 aliphatic rings. The van der Waals surface area contributed by atoms with Crippen LogP contribution in [0, 0.1) is 6.92 Å². The summed E-state index contributed by atoms with van der Waals surface area (Å²) < 4.78 is 9.80. The van der Waals surface area contributed by atoms with Gasteiger partial charge in [-0.3, -0.25) is 0 Å². The number of carbonyl (C=O) groups is 1. The predicted octanol–water partition coefficient (Wildman–Crippen LogP) is 2.53. The number of alkyl halides is 1. The molecule has 15 heavy (non-hydrogen) atoms. The Kier molecular flexibility index (Phi) is 3.97. The number of esters is 1. The quantitative estimate of drug-likeness (QED) is 0.589. The fourth-order valence-corrected chi connectivity index (χ4v) is 1.74. The summed E-state index contributed by atoms with van der Waals surface area (Å²) in [4.78, 5) is 11.6. The Balaban J connectivity index is 3.40. The molecule has 1 aromatic carbocycles. The van der Waals surface area contributed by atoms with E-state index < -0.39 is 5.97 Å². The van der Waals surface area contributed by atoms with Crippen LogP contribution in [0.1, 0.15) is 21.5 Å². The van der Waals surface area contributed by atoms with Gasteiger partial charge in [0.05, 0.1) is 14.2 Å². The first-order chi connectivity index (χ1) is 7.15. The number of rotatable bonds is 3. The van der Waals surface area contributed by atoms with Gasteiger partial charge < -0.3 is 9.47 Å². The molecule has 1 aromatic rings. The first kappa shape index (κ1) is 11.9. The van der Waals surface area contributed by atoms with Crippen molar-refractivity contribution < 1.29 is 14.3 Å². The van der Waals surface area contributed by atoms with Crippen molar-refractivity contribution in [3.05, 3.63) is 28.8 Å². The Morgan fingerprint density at radius 2 is 2.07 bits per heavy atom. The zero-order valence-electron chi connectivity index (χ0n) is 8.96. The highest BCUT2D eigenvalue weighted by molar-refractivity contribution is 6.18. The van der Waals surface area contributed by atoms with E-state index in [9.17, 15) is 4.79 Å². The van der Waals surface area contributed by atoms with Crippen LogP contribution in [0.5, 0.6) is 5.75 Å². The zero-order chi connectivity index (χ0) is 11.4. The highest BCUT2D eigenvalue weighted by atomic mass is 35.5. The van der Waals surface area contributed by atoms with E-state index in [1.165, 1.54) is 14.2 Å². The number of carbonyl (C=O) groups excluding carboxylic acids is 1. The minimum absolute atomic E-state index is 0.257. The summed E-state index contributed by atoms with van der Waals surface area (Å²) >= 11 is 5.80. The van der Waals surface area contributed by atoms with Crippen molar-refractivity contribution >= 4 is 17.6 Å². The summed E-state index contributed by atoms with van der Waals surface area (Å²) in [5.74, 6) is 0.322. The molecule has 1 rings (SSSR count). The second-order valence-corrected chi connectivity index (χ2v) is 3.33. The van der Waals surface area contributed by atoms with Gasteiger partial charge in [-0.15, -0.1) is 11.6 Å². The van der Waals surface area contributed by atoms with Crippen LogP contribution in [0.25, 0.3) is 0 Å². The Morgan fingerprint density at radius 3 is 2.53 bits per heavy atom. The average molecular weight is 229 g/mol. The first-order valence-electron chi connectivity index (χ1n) is 4.46. The second-order valence-electron chi connectivity index (χ2n) is 3.06. The minimum Gasteiger partial charge on any atom is -0.496 e. The maximum absolute atomic E-state index is 11.6. The lowest BCUT2D eigenvalue weighted by Gasteiger charge is -2.12. The molecule has 4 heteroatoms. The Bertz CT molecular complexity index is 374. The summed E-state index contributed by atoms with van der Waals surface area (Å²) in [6.07, 6.45) is 0. The van der Waals surface area contributed by atoms with Gasteiger partial charge in [-0.1, -0.05) is 6.07 Å². The third kappa shape index (κ3) is 2.23. The minimum atomic E-state index is -0.425. The van der Waals surface area contributed by atoms with Crippen molar-refractivity contribution in [2.24, 2.45) is 0 Å². The molecule has 0 spiro atoms. The largest absolute Gasteiger partial charge is 0.496 e. The summed E-state index contributed by atoms with van der Waals surface area (Å²) in [7, 11) is 2.84. The number of halogens is 1. The topological polar surface area (TPSA) is 35.5 Å². The molecule has 82 valence electrons. The number of ether oxygens (including phenoxy) is 2. The van der Waals surface area contributed by atoms with Gasteiger partial charge in [0.25, 0.3) is 0 Å². The molecule has 0 N–H and O–H groups in total. The monoisotopic (exact) mass is 228 g/mol. The summed E-state index contributed by atoms with van der Waals surface area (Å²) in [5, 5.41) is 0. The van der Waals surface area contributed by atoms with Crippen LogP contribution < -0.4 is 4.74 Å². The molecule has 0 aromatic heterocycles. The van der Waals surface area contributed by atoms with E-state index in [4.69, 9.17) is 21.1 Å². The highest BCUT2D eigenvalue weighted by Crippen LogP contribution is 2.27. The molecular weight excluding hydrogens is 216 g/mol. The van der Waals surface area contributed by atoms with E-state index >= 15 is 0 Å². The van der Waals surface area contributed by atoms with Gasteiger partial charge in [-0.25, -0.2) is 4.79 Å². The van der Waals surface area contributed by atoms with Crippen LogP contribution >= 0.6 is 11.6 Å². The van der Waals surface area contributed by atoms with E-state index in [-0.39, 0.29) is 5.88 Å². The highest BCUT2D eigenvalue weighted by Gasteiger charge is 2.18. The standard InChI is InChI=1S/C11H13ClO3/c1-7-4-5-9(14-2)10(8(7)6-12)11(13)15-3/h4-5H,6H2,1-3H3. The SMILES string of the molecule is COC(=O)c1c(OC)ccc(C)c1CCl. The van der Waals surface area contributed by atoms with E-state index in [1.807, 2.05) is 13.0 Å². The summed E-state index contributed by atoms with van der Waals surface area (Å²) in [6, 6.07) is 3.60. The zero-order valence-corrected chi connectivity index (χ0v) is 9.72. The number of aryl methyl sites for hydroxylation is 1. The summed E-state index contributed by atoms with van der Waals surface area (Å²) in [6.45, 7) is 1.89. The van der Waals surface area contributed by atoms with Crippen molar-refractivity contribution in [1.29, 1.82) is 0 Å². The van der Waals surface area contributed by atoms with Crippen molar-refractivity contribution in [1.82, 2.24) is 0 Å². The van der Waals surface area contributed by atoms with Crippen LogP contribution in [0.3, 0.4) is 0 Å². The van der Waals surface area contributed by atoms with Gasteiger partial charge in [0.15, 0.2) is 0 Å². The predicted molar refractivity (Wildman–Crippen MR) is 58.6 cm³/mol. The van der Waals surface area contributed by atoms with Crippen LogP contribution in [-0.2, 0) is 10.6 Å². The van der Waals surface area contributed by atoms with E-state index in [1.54, 1.807) is 6.07 Å². The molecule has 0 saturated carbocycles. The lowest BCUT2D eigenvalue weighted by atomic mass is 10.0. The lowest BCUT2D eigenvalue weighted by molar-refractivity contribution is 0.0596. The normalized spacial score (nSPS) is 9.87. The van der Waals surface area contributed by atoms with Gasteiger partial charge in [-0.05, 0) is 24.1 Å². The third-order valence-electron chi connectivity index (χ3n) is 2.25. The maximum atomic E-state index is 11.6. The van der Waals surface area contributed by atoms with Crippen LogP contribution in [-0.4, -0.2) is 20.2 Å². The van der Waals surface area contributed by atoms with E-state index in [0.29, 0.717) is 11.3 Å². The molecule has 3 nitrogen and oxygen atoms in total. The summed E-state index contributed by atoms with van der Waals surface area (Å²) in [5.41, 5.74) is 2.11. The van der Waals surface area contributed by atoms with Crippen molar-refractivity contribution in [2.45, 2.75) is 12.8 Å².